The Kier molecular flexibility index (Phi) is 5.58. The van der Waals surface area contributed by atoms with E-state index in [1.165, 1.54) is 12.8 Å². The molecule has 2 atom stereocenters. The highest BCUT2D eigenvalue weighted by Gasteiger charge is 2.29. The van der Waals surface area contributed by atoms with Crippen molar-refractivity contribution in [3.05, 3.63) is 46.5 Å². The van der Waals surface area contributed by atoms with Crippen LogP contribution >= 0.6 is 34.8 Å². The molecular weight excluding hydrogens is 301 g/mol. The smallest absolute Gasteiger partial charge is 0.0741 e. The molecule has 1 fully saturated rings. The summed E-state index contributed by atoms with van der Waals surface area (Å²) in [6.07, 6.45) is 5.51. The minimum Gasteiger partial charge on any atom is -0.295 e. The van der Waals surface area contributed by atoms with Gasteiger partial charge < -0.3 is 0 Å². The lowest BCUT2D eigenvalue weighted by molar-refractivity contribution is 0.160. The van der Waals surface area contributed by atoms with Crippen LogP contribution in [0.3, 0.4) is 0 Å². The van der Waals surface area contributed by atoms with Crippen LogP contribution in [0.25, 0.3) is 0 Å². The second kappa shape index (κ2) is 6.99. The third kappa shape index (κ3) is 3.66. The Labute approximate surface area is 130 Å². The van der Waals surface area contributed by atoms with E-state index in [4.69, 9.17) is 34.8 Å². The number of likely N-dealkylation sites (tertiary alicyclic amines) is 1. The average Bonchev–Trinajstić information content (AvgIpc) is 2.42. The fourth-order valence-electron chi connectivity index (χ4n) is 2.65. The van der Waals surface area contributed by atoms with Gasteiger partial charge in [-0.1, -0.05) is 41.8 Å². The van der Waals surface area contributed by atoms with Crippen LogP contribution in [0.5, 0.6) is 0 Å². The normalized spacial score (nSPS) is 22.2. The maximum absolute atomic E-state index is 6.66. The Morgan fingerprint density at radius 2 is 2.11 bits per heavy atom. The molecule has 1 nitrogen and oxygen atoms in total. The molecule has 1 aromatic carbocycles. The van der Waals surface area contributed by atoms with Crippen LogP contribution in [0.15, 0.2) is 30.9 Å². The van der Waals surface area contributed by atoms with E-state index in [-0.39, 0.29) is 5.38 Å². The van der Waals surface area contributed by atoms with E-state index in [1.807, 2.05) is 24.3 Å². The molecule has 0 bridgehead atoms. The van der Waals surface area contributed by atoms with Gasteiger partial charge in [-0.25, -0.2) is 0 Å². The summed E-state index contributed by atoms with van der Waals surface area (Å²) >= 11 is 18.7. The summed E-state index contributed by atoms with van der Waals surface area (Å²) in [6, 6.07) is 6.00. The van der Waals surface area contributed by atoms with Crippen molar-refractivity contribution in [2.24, 2.45) is 0 Å². The first-order valence-electron chi connectivity index (χ1n) is 6.57. The predicted octanol–water partition coefficient (Wildman–Crippen LogP) is 5.31. The Hall–Kier alpha value is -0.210. The lowest BCUT2D eigenvalue weighted by atomic mass is 9.95. The highest BCUT2D eigenvalue weighted by molar-refractivity contribution is 6.42. The highest BCUT2D eigenvalue weighted by atomic mass is 35.5. The minimum atomic E-state index is -0.0602. The third-order valence-electron chi connectivity index (χ3n) is 3.63. The van der Waals surface area contributed by atoms with Gasteiger partial charge >= 0.3 is 0 Å². The molecule has 0 aromatic heterocycles. The van der Waals surface area contributed by atoms with Gasteiger partial charge in [0.1, 0.15) is 0 Å². The zero-order chi connectivity index (χ0) is 13.8. The molecule has 0 amide bonds. The molecule has 104 valence electrons. The van der Waals surface area contributed by atoms with Gasteiger partial charge in [0.25, 0.3) is 0 Å². The molecule has 1 saturated heterocycles. The van der Waals surface area contributed by atoms with Crippen LogP contribution in [0.4, 0.5) is 0 Å². The number of hydrogen-bond acceptors (Lipinski definition) is 1. The number of alkyl halides is 1. The SMILES string of the molecule is C=CCN1CCCCC1C(Cl)c1ccc(Cl)c(Cl)c1. The van der Waals surface area contributed by atoms with Crippen molar-refractivity contribution in [2.75, 3.05) is 13.1 Å². The summed E-state index contributed by atoms with van der Waals surface area (Å²) in [6.45, 7) is 5.79. The van der Waals surface area contributed by atoms with Gasteiger partial charge in [0.2, 0.25) is 0 Å². The quantitative estimate of drug-likeness (QED) is 0.537. The summed E-state index contributed by atoms with van der Waals surface area (Å²) in [5, 5.41) is 1.08. The highest BCUT2D eigenvalue weighted by Crippen LogP contribution is 2.35. The van der Waals surface area contributed by atoms with E-state index in [9.17, 15) is 0 Å². The van der Waals surface area contributed by atoms with Crippen LogP contribution in [0.2, 0.25) is 10.0 Å². The monoisotopic (exact) mass is 317 g/mol. The first-order valence-corrected chi connectivity index (χ1v) is 7.76. The first kappa shape index (κ1) is 15.2. The molecule has 2 rings (SSSR count). The van der Waals surface area contributed by atoms with E-state index in [2.05, 4.69) is 11.5 Å². The van der Waals surface area contributed by atoms with Gasteiger partial charge in [0.15, 0.2) is 0 Å². The van der Waals surface area contributed by atoms with Gasteiger partial charge in [-0.3, -0.25) is 4.90 Å². The van der Waals surface area contributed by atoms with Crippen LogP contribution in [0.1, 0.15) is 30.2 Å². The summed E-state index contributed by atoms with van der Waals surface area (Å²) in [5.41, 5.74) is 1.04. The number of hydrogen-bond donors (Lipinski definition) is 0. The molecule has 0 aliphatic carbocycles. The summed E-state index contributed by atoms with van der Waals surface area (Å²) in [4.78, 5) is 2.40. The Balaban J connectivity index is 2.17. The molecule has 1 heterocycles. The number of nitrogens with zero attached hydrogens (tertiary/aromatic N) is 1. The maximum Gasteiger partial charge on any atom is 0.0741 e. The largest absolute Gasteiger partial charge is 0.295 e. The van der Waals surface area contributed by atoms with Crippen LogP contribution in [-0.4, -0.2) is 24.0 Å². The predicted molar refractivity (Wildman–Crippen MR) is 84.5 cm³/mol. The number of halogens is 3. The summed E-state index contributed by atoms with van der Waals surface area (Å²) in [7, 11) is 0. The van der Waals surface area contributed by atoms with Crippen molar-refractivity contribution < 1.29 is 0 Å². The van der Waals surface area contributed by atoms with Gasteiger partial charge in [0.05, 0.1) is 15.4 Å². The molecule has 1 aliphatic rings. The van der Waals surface area contributed by atoms with Crippen molar-refractivity contribution >= 4 is 34.8 Å². The maximum atomic E-state index is 6.66. The molecule has 0 radical (unpaired) electrons. The summed E-state index contributed by atoms with van der Waals surface area (Å²) in [5.74, 6) is 0. The number of rotatable bonds is 4. The van der Waals surface area contributed by atoms with Crippen LogP contribution in [-0.2, 0) is 0 Å². The second-order valence-electron chi connectivity index (χ2n) is 4.92. The van der Waals surface area contributed by atoms with Crippen LogP contribution in [0, 0.1) is 0 Å². The third-order valence-corrected chi connectivity index (χ3v) is 4.91. The molecule has 2 unspecified atom stereocenters. The van der Waals surface area contributed by atoms with E-state index < -0.39 is 0 Å². The Morgan fingerprint density at radius 1 is 1.32 bits per heavy atom. The number of piperidine rings is 1. The van der Waals surface area contributed by atoms with Gasteiger partial charge in [-0.2, -0.15) is 0 Å². The first-order chi connectivity index (χ1) is 9.13. The molecule has 0 N–H and O–H groups in total. The number of benzene rings is 1. The topological polar surface area (TPSA) is 3.24 Å². The molecule has 1 aliphatic heterocycles. The molecule has 0 saturated carbocycles. The van der Waals surface area contributed by atoms with E-state index in [1.54, 1.807) is 0 Å². The molecule has 1 aromatic rings. The fourth-order valence-corrected chi connectivity index (χ4v) is 3.37. The second-order valence-corrected chi connectivity index (χ2v) is 6.21. The van der Waals surface area contributed by atoms with Crippen molar-refractivity contribution in [2.45, 2.75) is 30.7 Å². The van der Waals surface area contributed by atoms with Gasteiger partial charge in [0, 0.05) is 12.6 Å². The zero-order valence-corrected chi connectivity index (χ0v) is 13.1. The fraction of sp³-hybridized carbons (Fsp3) is 0.467. The molecule has 0 spiro atoms. The molecular formula is C15H18Cl3N. The van der Waals surface area contributed by atoms with E-state index >= 15 is 0 Å². The van der Waals surface area contributed by atoms with Crippen molar-refractivity contribution in [1.29, 1.82) is 0 Å². The Morgan fingerprint density at radius 3 is 2.79 bits per heavy atom. The molecule has 4 heteroatoms. The van der Waals surface area contributed by atoms with Crippen LogP contribution < -0.4 is 0 Å². The zero-order valence-electron chi connectivity index (χ0n) is 10.8. The van der Waals surface area contributed by atoms with Crippen molar-refractivity contribution in [1.82, 2.24) is 4.90 Å². The van der Waals surface area contributed by atoms with Gasteiger partial charge in [-0.05, 0) is 37.1 Å². The van der Waals surface area contributed by atoms with Crippen molar-refractivity contribution in [3.63, 3.8) is 0 Å². The van der Waals surface area contributed by atoms with Crippen molar-refractivity contribution in [3.8, 4) is 0 Å². The summed E-state index contributed by atoms with van der Waals surface area (Å²) < 4.78 is 0. The average molecular weight is 319 g/mol. The van der Waals surface area contributed by atoms with E-state index in [0.717, 1.165) is 25.1 Å². The van der Waals surface area contributed by atoms with E-state index in [0.29, 0.717) is 16.1 Å². The van der Waals surface area contributed by atoms with Gasteiger partial charge in [-0.15, -0.1) is 18.2 Å². The molecule has 19 heavy (non-hydrogen) atoms. The lowest BCUT2D eigenvalue weighted by Gasteiger charge is -2.37. The standard InChI is InChI=1S/C15H18Cl3N/c1-2-8-19-9-4-3-5-14(19)15(18)11-6-7-12(16)13(17)10-11/h2,6-7,10,14-15H,1,3-5,8-9H2. The Bertz CT molecular complexity index is 447. The lowest BCUT2D eigenvalue weighted by Crippen LogP contribution is -2.41. The minimum absolute atomic E-state index is 0.0602.